The number of nitrogens with zero attached hydrogens (tertiary/aromatic N) is 3. The van der Waals surface area contributed by atoms with Gasteiger partial charge in [0.15, 0.2) is 0 Å². The van der Waals surface area contributed by atoms with Crippen LogP contribution in [0.2, 0.25) is 0 Å². The second-order valence-electron chi connectivity index (χ2n) is 4.25. The number of ether oxygens (including phenoxy) is 2. The zero-order valence-electron chi connectivity index (χ0n) is 10.3. The van der Waals surface area contributed by atoms with Crippen LogP contribution in [0.15, 0.2) is 28.2 Å². The Morgan fingerprint density at radius 2 is 2.06 bits per heavy atom. The third-order valence-corrected chi connectivity index (χ3v) is 2.96. The molecule has 94 valence electrons. The summed E-state index contributed by atoms with van der Waals surface area (Å²) in [5, 5.41) is 0. The summed E-state index contributed by atoms with van der Waals surface area (Å²) in [5.41, 5.74) is 1.50. The molecule has 0 amide bonds. The number of aromatic nitrogens is 1. The number of pyridine rings is 1. The summed E-state index contributed by atoms with van der Waals surface area (Å²) in [7, 11) is 0. The molecule has 3 heterocycles. The molecule has 0 bridgehead atoms. The molecule has 2 aliphatic heterocycles. The van der Waals surface area contributed by atoms with E-state index in [1.165, 1.54) is 0 Å². The van der Waals surface area contributed by atoms with Crippen molar-refractivity contribution in [2.24, 2.45) is 9.98 Å². The summed E-state index contributed by atoms with van der Waals surface area (Å²) in [4.78, 5) is 13.2. The Bertz CT molecular complexity index is 511. The molecule has 0 radical (unpaired) electrons. The smallest absolute Gasteiger partial charge is 0.235 e. The van der Waals surface area contributed by atoms with Crippen molar-refractivity contribution >= 4 is 11.8 Å². The van der Waals surface area contributed by atoms with Gasteiger partial charge >= 0.3 is 0 Å². The predicted octanol–water partition coefficient (Wildman–Crippen LogP) is 1.41. The molecule has 0 aliphatic carbocycles. The number of aliphatic imine (C=N–C) groups is 2. The highest BCUT2D eigenvalue weighted by molar-refractivity contribution is 5.97. The van der Waals surface area contributed by atoms with Crippen molar-refractivity contribution < 1.29 is 9.47 Å². The molecular weight excluding hydrogens is 230 g/mol. The van der Waals surface area contributed by atoms with Crippen LogP contribution < -0.4 is 0 Å². The van der Waals surface area contributed by atoms with Crippen molar-refractivity contribution in [1.29, 1.82) is 0 Å². The van der Waals surface area contributed by atoms with Gasteiger partial charge in [0.25, 0.3) is 0 Å². The fourth-order valence-corrected chi connectivity index (χ4v) is 1.93. The van der Waals surface area contributed by atoms with Crippen LogP contribution in [0.4, 0.5) is 0 Å². The molecule has 3 rings (SSSR count). The van der Waals surface area contributed by atoms with E-state index in [1.54, 1.807) is 0 Å². The predicted molar refractivity (Wildman–Crippen MR) is 68.2 cm³/mol. The van der Waals surface area contributed by atoms with Gasteiger partial charge in [-0.15, -0.1) is 0 Å². The molecular formula is C13H15N3O2. The molecule has 0 aromatic carbocycles. The Kier molecular flexibility index (Phi) is 2.96. The van der Waals surface area contributed by atoms with Gasteiger partial charge in [-0.3, -0.25) is 0 Å². The second kappa shape index (κ2) is 4.76. The Hall–Kier alpha value is -1.91. The van der Waals surface area contributed by atoms with E-state index in [1.807, 2.05) is 18.2 Å². The lowest BCUT2D eigenvalue weighted by molar-refractivity contribution is 0.314. The number of hydrogen-bond donors (Lipinski definition) is 0. The largest absolute Gasteiger partial charge is 0.474 e. The lowest BCUT2D eigenvalue weighted by Crippen LogP contribution is -2.10. The maximum atomic E-state index is 5.57. The summed E-state index contributed by atoms with van der Waals surface area (Å²) in [6.45, 7) is 4.09. The summed E-state index contributed by atoms with van der Waals surface area (Å²) in [5.74, 6) is 1.24. The van der Waals surface area contributed by atoms with Crippen LogP contribution in [-0.2, 0) is 9.47 Å². The maximum Gasteiger partial charge on any atom is 0.235 e. The fourth-order valence-electron chi connectivity index (χ4n) is 1.93. The number of hydrogen-bond acceptors (Lipinski definition) is 5. The third kappa shape index (κ3) is 2.08. The van der Waals surface area contributed by atoms with Gasteiger partial charge in [-0.25, -0.2) is 15.0 Å². The molecule has 1 unspecified atom stereocenters. The van der Waals surface area contributed by atoms with Crippen molar-refractivity contribution in [2.45, 2.75) is 19.4 Å². The first kappa shape index (κ1) is 11.2. The van der Waals surface area contributed by atoms with Crippen molar-refractivity contribution in [3.05, 3.63) is 29.6 Å². The van der Waals surface area contributed by atoms with Crippen molar-refractivity contribution in [1.82, 2.24) is 4.98 Å². The zero-order valence-corrected chi connectivity index (χ0v) is 10.3. The Morgan fingerprint density at radius 3 is 2.72 bits per heavy atom. The van der Waals surface area contributed by atoms with Crippen LogP contribution in [0, 0.1) is 0 Å². The van der Waals surface area contributed by atoms with E-state index in [2.05, 4.69) is 21.9 Å². The maximum absolute atomic E-state index is 5.57. The average Bonchev–Trinajstić information content (AvgIpc) is 3.10. The molecule has 0 saturated carbocycles. The Labute approximate surface area is 106 Å². The van der Waals surface area contributed by atoms with Crippen LogP contribution in [0.3, 0.4) is 0 Å². The van der Waals surface area contributed by atoms with E-state index < -0.39 is 0 Å². The summed E-state index contributed by atoms with van der Waals surface area (Å²) >= 11 is 0. The van der Waals surface area contributed by atoms with Gasteiger partial charge < -0.3 is 9.47 Å². The van der Waals surface area contributed by atoms with E-state index in [0.29, 0.717) is 31.6 Å². The molecule has 0 saturated heterocycles. The Morgan fingerprint density at radius 1 is 1.22 bits per heavy atom. The van der Waals surface area contributed by atoms with Crippen LogP contribution in [0.1, 0.15) is 24.7 Å². The van der Waals surface area contributed by atoms with Gasteiger partial charge in [-0.2, -0.15) is 0 Å². The van der Waals surface area contributed by atoms with Crippen LogP contribution in [-0.4, -0.2) is 42.6 Å². The van der Waals surface area contributed by atoms with Gasteiger partial charge in [0.2, 0.25) is 11.8 Å². The first-order valence-electron chi connectivity index (χ1n) is 6.22. The lowest BCUT2D eigenvalue weighted by atomic mass is 10.2. The minimum absolute atomic E-state index is 0.255. The summed E-state index contributed by atoms with van der Waals surface area (Å²) < 4.78 is 11.0. The average molecular weight is 245 g/mol. The standard InChI is InChI=1S/C13H15N3O2/c1-2-9-8-18-13(15-9)11-5-3-4-10(16-11)12-14-6-7-17-12/h3-5,9H,2,6-8H2,1H3. The van der Waals surface area contributed by atoms with Gasteiger partial charge in [0, 0.05) is 0 Å². The highest BCUT2D eigenvalue weighted by Crippen LogP contribution is 2.14. The minimum atomic E-state index is 0.255. The minimum Gasteiger partial charge on any atom is -0.474 e. The van der Waals surface area contributed by atoms with Crippen LogP contribution in [0.5, 0.6) is 0 Å². The normalized spacial score (nSPS) is 22.2. The molecule has 0 fully saturated rings. The van der Waals surface area contributed by atoms with E-state index in [9.17, 15) is 0 Å². The molecule has 5 nitrogen and oxygen atoms in total. The highest BCUT2D eigenvalue weighted by Gasteiger charge is 2.20. The van der Waals surface area contributed by atoms with E-state index in [-0.39, 0.29) is 6.04 Å². The van der Waals surface area contributed by atoms with Gasteiger partial charge in [0.1, 0.15) is 24.6 Å². The van der Waals surface area contributed by atoms with Crippen molar-refractivity contribution in [2.75, 3.05) is 19.8 Å². The van der Waals surface area contributed by atoms with Crippen LogP contribution in [0.25, 0.3) is 0 Å². The topological polar surface area (TPSA) is 56.1 Å². The molecule has 1 aromatic heterocycles. The van der Waals surface area contributed by atoms with E-state index >= 15 is 0 Å². The fraction of sp³-hybridized carbons (Fsp3) is 0.462. The zero-order chi connectivity index (χ0) is 12.4. The first-order valence-corrected chi connectivity index (χ1v) is 6.22. The molecule has 0 N–H and O–H groups in total. The van der Waals surface area contributed by atoms with Crippen molar-refractivity contribution in [3.8, 4) is 0 Å². The molecule has 18 heavy (non-hydrogen) atoms. The SMILES string of the molecule is CCC1COC(c2cccc(C3=NCCO3)n2)=N1. The lowest BCUT2D eigenvalue weighted by Gasteiger charge is -2.04. The van der Waals surface area contributed by atoms with Gasteiger partial charge in [-0.05, 0) is 18.6 Å². The third-order valence-electron chi connectivity index (χ3n) is 2.96. The summed E-state index contributed by atoms with van der Waals surface area (Å²) in [6, 6.07) is 5.97. The highest BCUT2D eigenvalue weighted by atomic mass is 16.5. The van der Waals surface area contributed by atoms with E-state index in [4.69, 9.17) is 9.47 Å². The molecule has 2 aliphatic rings. The van der Waals surface area contributed by atoms with Crippen LogP contribution >= 0.6 is 0 Å². The Balaban J connectivity index is 1.87. The quantitative estimate of drug-likeness (QED) is 0.809. The molecule has 1 aromatic rings. The molecule has 5 heteroatoms. The molecule has 0 spiro atoms. The monoisotopic (exact) mass is 245 g/mol. The van der Waals surface area contributed by atoms with Crippen molar-refractivity contribution in [3.63, 3.8) is 0 Å². The van der Waals surface area contributed by atoms with Gasteiger partial charge in [0.05, 0.1) is 12.6 Å². The summed E-state index contributed by atoms with van der Waals surface area (Å²) in [6.07, 6.45) is 0.985. The van der Waals surface area contributed by atoms with E-state index in [0.717, 1.165) is 17.8 Å². The molecule has 1 atom stereocenters. The second-order valence-corrected chi connectivity index (χ2v) is 4.25. The number of rotatable bonds is 3. The first-order chi connectivity index (χ1) is 8.86. The van der Waals surface area contributed by atoms with Gasteiger partial charge in [-0.1, -0.05) is 13.0 Å².